The Balaban J connectivity index is 1.26. The van der Waals surface area contributed by atoms with Gasteiger partial charge in [0.25, 0.3) is 23.4 Å². The number of benzene rings is 3. The normalized spacial score (nSPS) is 21.9. The van der Waals surface area contributed by atoms with E-state index in [1.165, 1.54) is 22.2 Å². The van der Waals surface area contributed by atoms with Crippen molar-refractivity contribution in [1.29, 1.82) is 0 Å². The summed E-state index contributed by atoms with van der Waals surface area (Å²) in [7, 11) is 0. The van der Waals surface area contributed by atoms with Gasteiger partial charge in [-0.3, -0.25) is 29.5 Å². The molecule has 12 nitrogen and oxygen atoms in total. The third-order valence-corrected chi connectivity index (χ3v) is 6.93. The molecule has 0 spiro atoms. The number of hydrazone groups is 1. The maximum absolute atomic E-state index is 13.6. The summed E-state index contributed by atoms with van der Waals surface area (Å²) in [6.45, 7) is -0.332. The Kier molecular flexibility index (Phi) is 5.91. The Morgan fingerprint density at radius 1 is 0.923 bits per heavy atom. The highest BCUT2D eigenvalue weighted by Gasteiger charge is 2.55. The SMILES string of the molecule is O=C1[C@H]2N=NN(CC(=O)N3N=C(c4ccccc4)C[C@H]3c3ccc([N+](=O)[O-])cc3)[C@H]2C(=O)N1c1ccccc1. The molecule has 0 N–H and O–H groups in total. The van der Waals surface area contributed by atoms with Crippen LogP contribution in [0.3, 0.4) is 0 Å². The Morgan fingerprint density at radius 2 is 1.59 bits per heavy atom. The van der Waals surface area contributed by atoms with E-state index in [1.54, 1.807) is 42.5 Å². The molecule has 0 bridgehead atoms. The number of para-hydroxylation sites is 1. The van der Waals surface area contributed by atoms with Crippen LogP contribution in [0.5, 0.6) is 0 Å². The number of nitro groups is 1. The van der Waals surface area contributed by atoms with Gasteiger partial charge < -0.3 is 0 Å². The molecule has 3 heterocycles. The van der Waals surface area contributed by atoms with Crippen LogP contribution in [0, 0.1) is 10.1 Å². The molecule has 12 heteroatoms. The van der Waals surface area contributed by atoms with Crippen molar-refractivity contribution in [2.75, 3.05) is 11.4 Å². The van der Waals surface area contributed by atoms with E-state index in [0.29, 0.717) is 23.4 Å². The minimum atomic E-state index is -1.03. The first-order valence-electron chi connectivity index (χ1n) is 12.2. The van der Waals surface area contributed by atoms with Gasteiger partial charge in [-0.25, -0.2) is 9.91 Å². The van der Waals surface area contributed by atoms with Crippen LogP contribution in [0.4, 0.5) is 11.4 Å². The number of fused-ring (bicyclic) bond motifs is 1. The van der Waals surface area contributed by atoms with Crippen molar-refractivity contribution in [3.63, 3.8) is 0 Å². The van der Waals surface area contributed by atoms with Gasteiger partial charge in [0.1, 0.15) is 6.54 Å². The molecule has 3 atom stereocenters. The second-order valence-electron chi connectivity index (χ2n) is 9.26. The topological polar surface area (TPSA) is 141 Å². The summed E-state index contributed by atoms with van der Waals surface area (Å²) < 4.78 is 0. The van der Waals surface area contributed by atoms with E-state index in [-0.39, 0.29) is 12.2 Å². The van der Waals surface area contributed by atoms with Crippen LogP contribution in [0.25, 0.3) is 0 Å². The summed E-state index contributed by atoms with van der Waals surface area (Å²) >= 11 is 0. The number of amides is 3. The highest BCUT2D eigenvalue weighted by atomic mass is 16.6. The first kappa shape index (κ1) is 24.1. The van der Waals surface area contributed by atoms with Crippen LogP contribution < -0.4 is 4.90 Å². The van der Waals surface area contributed by atoms with Crippen LogP contribution in [0.15, 0.2) is 100 Å². The molecule has 0 aromatic heterocycles. The van der Waals surface area contributed by atoms with E-state index < -0.39 is 40.8 Å². The first-order valence-corrected chi connectivity index (χ1v) is 12.2. The zero-order valence-electron chi connectivity index (χ0n) is 20.4. The Morgan fingerprint density at radius 3 is 2.26 bits per heavy atom. The van der Waals surface area contributed by atoms with E-state index in [4.69, 9.17) is 0 Å². The van der Waals surface area contributed by atoms with Gasteiger partial charge in [0, 0.05) is 18.6 Å². The third-order valence-electron chi connectivity index (χ3n) is 6.93. The standard InChI is InChI=1S/C27H21N7O5/c35-23(16-31-25-24(28-30-31)26(36)32(27(25)37)19-9-5-2-6-10-19)33-22(18-11-13-20(14-12-18)34(38)39)15-21(29-33)17-7-3-1-4-8-17/h1-14,22,24-25H,15-16H2/t22-,24-,25+/m0/s1. The minimum Gasteiger partial charge on any atom is -0.271 e. The smallest absolute Gasteiger partial charge is 0.269 e. The van der Waals surface area contributed by atoms with Gasteiger partial charge >= 0.3 is 0 Å². The molecule has 3 aromatic carbocycles. The molecular formula is C27H21N7O5. The number of hydrogen-bond donors (Lipinski definition) is 0. The van der Waals surface area contributed by atoms with E-state index in [9.17, 15) is 24.5 Å². The van der Waals surface area contributed by atoms with E-state index in [0.717, 1.165) is 10.5 Å². The van der Waals surface area contributed by atoms with Crippen molar-refractivity contribution in [2.45, 2.75) is 24.5 Å². The Hall–Kier alpha value is -5.26. The minimum absolute atomic E-state index is 0.0604. The summed E-state index contributed by atoms with van der Waals surface area (Å²) in [6.07, 6.45) is 0.389. The molecule has 3 aliphatic rings. The first-order chi connectivity index (χ1) is 18.9. The van der Waals surface area contributed by atoms with E-state index >= 15 is 0 Å². The summed E-state index contributed by atoms with van der Waals surface area (Å²) in [6, 6.07) is 21.3. The van der Waals surface area contributed by atoms with Gasteiger partial charge in [0.05, 0.1) is 22.4 Å². The average molecular weight is 524 g/mol. The Bertz CT molecular complexity index is 1530. The average Bonchev–Trinajstić information content (AvgIpc) is 3.65. The number of imide groups is 1. The van der Waals surface area contributed by atoms with Gasteiger partial charge in [0.15, 0.2) is 12.1 Å². The molecule has 6 rings (SSSR count). The third kappa shape index (κ3) is 4.21. The van der Waals surface area contributed by atoms with Crippen molar-refractivity contribution in [3.05, 3.63) is 106 Å². The van der Waals surface area contributed by atoms with Crippen molar-refractivity contribution in [1.82, 2.24) is 10.0 Å². The molecule has 0 aliphatic carbocycles. The number of nitro benzene ring substituents is 1. The molecule has 0 unspecified atom stereocenters. The number of non-ortho nitro benzene ring substituents is 1. The molecule has 1 saturated heterocycles. The monoisotopic (exact) mass is 523 g/mol. The highest BCUT2D eigenvalue weighted by molar-refractivity contribution is 6.25. The number of rotatable bonds is 6. The second-order valence-corrected chi connectivity index (χ2v) is 9.26. The van der Waals surface area contributed by atoms with Crippen LogP contribution in [-0.2, 0) is 14.4 Å². The largest absolute Gasteiger partial charge is 0.271 e. The zero-order chi connectivity index (χ0) is 27.1. The number of carbonyl (C=O) groups is 3. The van der Waals surface area contributed by atoms with Gasteiger partial charge in [-0.15, -0.1) is 0 Å². The number of nitrogens with zero attached hydrogens (tertiary/aromatic N) is 7. The fourth-order valence-electron chi connectivity index (χ4n) is 5.02. The van der Waals surface area contributed by atoms with Crippen molar-refractivity contribution in [2.24, 2.45) is 15.4 Å². The van der Waals surface area contributed by atoms with Gasteiger partial charge in [-0.1, -0.05) is 65.9 Å². The lowest BCUT2D eigenvalue weighted by Gasteiger charge is -2.25. The molecule has 39 heavy (non-hydrogen) atoms. The molecule has 1 fully saturated rings. The van der Waals surface area contributed by atoms with Crippen LogP contribution in [0.1, 0.15) is 23.6 Å². The van der Waals surface area contributed by atoms with Crippen LogP contribution in [-0.4, -0.2) is 57.0 Å². The maximum Gasteiger partial charge on any atom is 0.269 e. The number of carbonyl (C=O) groups excluding carboxylic acids is 3. The summed E-state index contributed by atoms with van der Waals surface area (Å²) in [5.74, 6) is -1.46. The molecule has 0 radical (unpaired) electrons. The Labute approximate surface area is 222 Å². The van der Waals surface area contributed by atoms with E-state index in [1.807, 2.05) is 30.3 Å². The second kappa shape index (κ2) is 9.56. The van der Waals surface area contributed by atoms with Crippen LogP contribution >= 0.6 is 0 Å². The van der Waals surface area contributed by atoms with Gasteiger partial charge in [-0.2, -0.15) is 10.2 Å². The van der Waals surface area contributed by atoms with Gasteiger partial charge in [-0.05, 0) is 23.3 Å². The maximum atomic E-state index is 13.6. The van der Waals surface area contributed by atoms with Crippen molar-refractivity contribution in [3.8, 4) is 0 Å². The van der Waals surface area contributed by atoms with Crippen molar-refractivity contribution < 1.29 is 19.3 Å². The zero-order valence-corrected chi connectivity index (χ0v) is 20.4. The lowest BCUT2D eigenvalue weighted by atomic mass is 9.98. The fraction of sp³-hybridized carbons (Fsp3) is 0.185. The fourth-order valence-corrected chi connectivity index (χ4v) is 5.02. The highest BCUT2D eigenvalue weighted by Crippen LogP contribution is 2.35. The summed E-state index contributed by atoms with van der Waals surface area (Å²) in [4.78, 5) is 51.6. The molecule has 3 aliphatic heterocycles. The molecular weight excluding hydrogens is 502 g/mol. The van der Waals surface area contributed by atoms with Crippen LogP contribution in [0.2, 0.25) is 0 Å². The predicted octanol–water partition coefficient (Wildman–Crippen LogP) is 3.27. The van der Waals surface area contributed by atoms with Gasteiger partial charge in [0.2, 0.25) is 0 Å². The molecule has 194 valence electrons. The lowest BCUT2D eigenvalue weighted by Crippen LogP contribution is -2.44. The lowest BCUT2D eigenvalue weighted by molar-refractivity contribution is -0.384. The molecule has 0 saturated carbocycles. The summed E-state index contributed by atoms with van der Waals surface area (Å²) in [5.41, 5.74) is 2.56. The number of anilines is 1. The quantitative estimate of drug-likeness (QED) is 0.276. The molecule has 3 amide bonds. The van der Waals surface area contributed by atoms with E-state index in [2.05, 4.69) is 15.4 Å². The predicted molar refractivity (Wildman–Crippen MR) is 138 cm³/mol. The molecule has 3 aromatic rings. The number of hydrogen-bond acceptors (Lipinski definition) is 9. The summed E-state index contributed by atoms with van der Waals surface area (Å²) in [5, 5.41) is 26.3. The van der Waals surface area contributed by atoms with Crippen molar-refractivity contribution >= 4 is 34.8 Å².